The molecule has 0 saturated heterocycles. The summed E-state index contributed by atoms with van der Waals surface area (Å²) in [6.07, 6.45) is 1.16. The number of nitrogens with zero attached hydrogens (tertiary/aromatic N) is 2. The van der Waals surface area contributed by atoms with E-state index in [4.69, 9.17) is 4.74 Å². The van der Waals surface area contributed by atoms with Crippen LogP contribution in [0.25, 0.3) is 0 Å². The van der Waals surface area contributed by atoms with Crippen molar-refractivity contribution in [2.75, 3.05) is 13.1 Å². The van der Waals surface area contributed by atoms with Crippen LogP contribution in [0, 0.1) is 0 Å². The second-order valence-electron chi connectivity index (χ2n) is 5.98. The fraction of sp³-hybridized carbons (Fsp3) is 0.647. The molecule has 1 aromatic rings. The Kier molecular flexibility index (Phi) is 10.0. The van der Waals surface area contributed by atoms with E-state index < -0.39 is 12.6 Å². The van der Waals surface area contributed by atoms with E-state index in [0.717, 1.165) is 18.4 Å². The Hall–Kier alpha value is -1.26. The summed E-state index contributed by atoms with van der Waals surface area (Å²) >= 11 is 0. The van der Waals surface area contributed by atoms with E-state index in [1.807, 2.05) is 13.0 Å². The van der Waals surface area contributed by atoms with Gasteiger partial charge in [0.25, 0.3) is 0 Å². The molecule has 0 aromatic carbocycles. The van der Waals surface area contributed by atoms with Crippen molar-refractivity contribution in [1.82, 2.24) is 15.6 Å². The van der Waals surface area contributed by atoms with Gasteiger partial charge in [0.15, 0.2) is 5.96 Å². The predicted octanol–water partition coefficient (Wildman–Crippen LogP) is 4.03. The molecule has 1 heterocycles. The molecule has 148 valence electrons. The monoisotopic (exact) mass is 486 g/mol. The van der Waals surface area contributed by atoms with E-state index in [1.165, 1.54) is 12.8 Å². The van der Waals surface area contributed by atoms with Crippen molar-refractivity contribution >= 4 is 29.9 Å². The summed E-state index contributed by atoms with van der Waals surface area (Å²) in [5.74, 6) is 0.909. The molecule has 0 unspecified atom stereocenters. The van der Waals surface area contributed by atoms with Crippen molar-refractivity contribution in [2.45, 2.75) is 57.9 Å². The lowest BCUT2D eigenvalue weighted by Crippen LogP contribution is -2.38. The molecule has 2 N–H and O–H groups in total. The molecule has 1 fully saturated rings. The van der Waals surface area contributed by atoms with Gasteiger partial charge in [0, 0.05) is 24.8 Å². The van der Waals surface area contributed by atoms with Gasteiger partial charge >= 0.3 is 6.18 Å². The van der Waals surface area contributed by atoms with Crippen LogP contribution in [0.5, 0.6) is 5.88 Å². The van der Waals surface area contributed by atoms with Crippen LogP contribution in [0.1, 0.15) is 44.6 Å². The van der Waals surface area contributed by atoms with Crippen LogP contribution in [-0.4, -0.2) is 36.3 Å². The van der Waals surface area contributed by atoms with Crippen molar-refractivity contribution in [3.8, 4) is 5.88 Å². The number of ether oxygens (including phenoxy) is 1. The zero-order valence-electron chi connectivity index (χ0n) is 14.8. The number of aromatic nitrogens is 1. The first-order chi connectivity index (χ1) is 12.0. The molecular weight excluding hydrogens is 460 g/mol. The van der Waals surface area contributed by atoms with Gasteiger partial charge in [-0.25, -0.2) is 9.98 Å². The van der Waals surface area contributed by atoms with Gasteiger partial charge in [-0.05, 0) is 38.7 Å². The van der Waals surface area contributed by atoms with Crippen LogP contribution >= 0.6 is 24.0 Å². The molecule has 1 saturated carbocycles. The normalized spacial score (nSPS) is 15.5. The molecule has 1 aliphatic rings. The molecular formula is C17H26F3IN4O. The number of halogens is 4. The van der Waals surface area contributed by atoms with Crippen LogP contribution in [0.2, 0.25) is 0 Å². The first-order valence-corrected chi connectivity index (χ1v) is 8.67. The number of aliphatic imine (C=N–C) groups is 1. The Bertz CT molecular complexity index is 563. The van der Waals surface area contributed by atoms with E-state index in [9.17, 15) is 13.2 Å². The number of guanidine groups is 1. The SMILES string of the molecule is CCNC(=NCc1cccnc1OC1CCCC1)NCCC(F)(F)F.I. The summed E-state index contributed by atoms with van der Waals surface area (Å²) in [7, 11) is 0. The quantitative estimate of drug-likeness (QED) is 0.347. The third-order valence-electron chi connectivity index (χ3n) is 3.88. The van der Waals surface area contributed by atoms with Gasteiger partial charge in [-0.3, -0.25) is 0 Å². The molecule has 0 atom stereocenters. The first-order valence-electron chi connectivity index (χ1n) is 8.67. The average Bonchev–Trinajstić information content (AvgIpc) is 3.05. The molecule has 0 radical (unpaired) electrons. The second-order valence-corrected chi connectivity index (χ2v) is 5.98. The van der Waals surface area contributed by atoms with Crippen molar-refractivity contribution < 1.29 is 17.9 Å². The Labute approximate surface area is 169 Å². The molecule has 0 spiro atoms. The van der Waals surface area contributed by atoms with Crippen molar-refractivity contribution in [3.05, 3.63) is 23.9 Å². The van der Waals surface area contributed by atoms with Crippen molar-refractivity contribution in [3.63, 3.8) is 0 Å². The van der Waals surface area contributed by atoms with Crippen LogP contribution in [-0.2, 0) is 6.54 Å². The average molecular weight is 486 g/mol. The molecule has 0 amide bonds. The largest absolute Gasteiger partial charge is 0.474 e. The van der Waals surface area contributed by atoms with Gasteiger partial charge in [-0.1, -0.05) is 6.07 Å². The number of pyridine rings is 1. The maximum absolute atomic E-state index is 12.3. The van der Waals surface area contributed by atoms with Gasteiger partial charge in [-0.2, -0.15) is 13.2 Å². The minimum Gasteiger partial charge on any atom is -0.474 e. The van der Waals surface area contributed by atoms with Gasteiger partial charge in [0.1, 0.15) is 6.10 Å². The topological polar surface area (TPSA) is 58.5 Å². The lowest BCUT2D eigenvalue weighted by Gasteiger charge is -2.15. The maximum atomic E-state index is 12.3. The molecule has 26 heavy (non-hydrogen) atoms. The smallest absolute Gasteiger partial charge is 0.390 e. The highest BCUT2D eigenvalue weighted by molar-refractivity contribution is 14.0. The van der Waals surface area contributed by atoms with Crippen molar-refractivity contribution in [1.29, 1.82) is 0 Å². The third-order valence-corrected chi connectivity index (χ3v) is 3.88. The van der Waals surface area contributed by atoms with E-state index in [2.05, 4.69) is 20.6 Å². The zero-order valence-corrected chi connectivity index (χ0v) is 17.1. The third kappa shape index (κ3) is 8.41. The van der Waals surface area contributed by atoms with Crippen LogP contribution in [0.4, 0.5) is 13.2 Å². The maximum Gasteiger partial charge on any atom is 0.390 e. The molecule has 1 aliphatic carbocycles. The summed E-state index contributed by atoms with van der Waals surface area (Å²) in [4.78, 5) is 8.63. The van der Waals surface area contributed by atoms with E-state index in [0.29, 0.717) is 18.4 Å². The molecule has 2 rings (SSSR count). The summed E-state index contributed by atoms with van der Waals surface area (Å²) < 4.78 is 42.7. The second kappa shape index (κ2) is 11.5. The molecule has 0 aliphatic heterocycles. The number of rotatable bonds is 7. The Morgan fingerprint density at radius 3 is 2.69 bits per heavy atom. The Morgan fingerprint density at radius 1 is 1.31 bits per heavy atom. The van der Waals surface area contributed by atoms with Crippen LogP contribution < -0.4 is 15.4 Å². The fourth-order valence-corrected chi connectivity index (χ4v) is 2.64. The number of hydrogen-bond donors (Lipinski definition) is 2. The van der Waals surface area contributed by atoms with Gasteiger partial charge in [0.2, 0.25) is 5.88 Å². The highest BCUT2D eigenvalue weighted by Gasteiger charge is 2.26. The molecule has 0 bridgehead atoms. The highest BCUT2D eigenvalue weighted by atomic mass is 127. The fourth-order valence-electron chi connectivity index (χ4n) is 2.64. The minimum atomic E-state index is -4.18. The van der Waals surface area contributed by atoms with Crippen LogP contribution in [0.3, 0.4) is 0 Å². The standard InChI is InChI=1S/C17H25F3N4O.HI/c1-2-21-16(23-11-9-17(18,19)20)24-12-13-6-5-10-22-15(13)25-14-7-3-4-8-14;/h5-6,10,14H,2-4,7-9,11-12H2,1H3,(H2,21,23,24);1H. The van der Waals surface area contributed by atoms with Crippen molar-refractivity contribution in [2.24, 2.45) is 4.99 Å². The summed E-state index contributed by atoms with van der Waals surface area (Å²) in [5, 5.41) is 5.64. The van der Waals surface area contributed by atoms with E-state index >= 15 is 0 Å². The molecule has 5 nitrogen and oxygen atoms in total. The number of alkyl halides is 3. The van der Waals surface area contributed by atoms with E-state index in [-0.39, 0.29) is 43.2 Å². The predicted molar refractivity (Wildman–Crippen MR) is 106 cm³/mol. The minimum absolute atomic E-state index is 0. The lowest BCUT2D eigenvalue weighted by molar-refractivity contribution is -0.132. The summed E-state index contributed by atoms with van der Waals surface area (Å²) in [6.45, 7) is 2.50. The van der Waals surface area contributed by atoms with Gasteiger partial charge < -0.3 is 15.4 Å². The number of nitrogens with one attached hydrogen (secondary N) is 2. The Morgan fingerprint density at radius 2 is 2.04 bits per heavy atom. The molecule has 9 heteroatoms. The number of hydrogen-bond acceptors (Lipinski definition) is 3. The van der Waals surface area contributed by atoms with E-state index in [1.54, 1.807) is 12.3 Å². The molecule has 1 aromatic heterocycles. The van der Waals surface area contributed by atoms with Gasteiger partial charge in [0.05, 0.1) is 13.0 Å². The van der Waals surface area contributed by atoms with Crippen LogP contribution in [0.15, 0.2) is 23.3 Å². The highest BCUT2D eigenvalue weighted by Crippen LogP contribution is 2.25. The Balaban J connectivity index is 0.00000338. The summed E-state index contributed by atoms with van der Waals surface area (Å²) in [6, 6.07) is 3.68. The van der Waals surface area contributed by atoms with Gasteiger partial charge in [-0.15, -0.1) is 24.0 Å². The zero-order chi connectivity index (χ0) is 18.1. The summed E-state index contributed by atoms with van der Waals surface area (Å²) in [5.41, 5.74) is 0.822. The first kappa shape index (κ1) is 22.8. The lowest BCUT2D eigenvalue weighted by atomic mass is 10.2.